The number of aliphatic hydroxyl groups excluding tert-OH is 1. The molecule has 0 aliphatic heterocycles. The van der Waals surface area contributed by atoms with Crippen molar-refractivity contribution in [1.82, 2.24) is 16.0 Å². The highest BCUT2D eigenvalue weighted by Gasteiger charge is 2.24. The van der Waals surface area contributed by atoms with Crippen molar-refractivity contribution in [1.29, 1.82) is 0 Å². The Bertz CT molecular complexity index is 939. The Morgan fingerprint density at radius 3 is 2.41 bits per heavy atom. The first-order valence-electron chi connectivity index (χ1n) is 14.3. The Morgan fingerprint density at radius 1 is 0.976 bits per heavy atom. The fourth-order valence-electron chi connectivity index (χ4n) is 3.91. The molecule has 41 heavy (non-hydrogen) atoms. The summed E-state index contributed by atoms with van der Waals surface area (Å²) in [5, 5.41) is 17.5. The van der Waals surface area contributed by atoms with Crippen molar-refractivity contribution in [3.63, 3.8) is 0 Å². The van der Waals surface area contributed by atoms with Gasteiger partial charge in [0, 0.05) is 25.4 Å². The minimum absolute atomic E-state index is 0.00707. The van der Waals surface area contributed by atoms with Crippen LogP contribution in [0.5, 0.6) is 0 Å². The van der Waals surface area contributed by atoms with Crippen LogP contribution in [-0.4, -0.2) is 60.8 Å². The van der Waals surface area contributed by atoms with Gasteiger partial charge in [0.05, 0.1) is 18.6 Å². The highest BCUT2D eigenvalue weighted by atomic mass is 16.5. The number of rotatable bonds is 22. The lowest BCUT2D eigenvalue weighted by Gasteiger charge is -2.23. The third-order valence-electron chi connectivity index (χ3n) is 6.23. The van der Waals surface area contributed by atoms with Crippen LogP contribution in [0.15, 0.2) is 55.6 Å². The van der Waals surface area contributed by atoms with Crippen molar-refractivity contribution in [2.45, 2.75) is 83.4 Å². The molecule has 0 radical (unpaired) electrons. The molecule has 10 heteroatoms. The summed E-state index contributed by atoms with van der Waals surface area (Å²) in [7, 11) is 0. The molecule has 0 heterocycles. The van der Waals surface area contributed by atoms with E-state index in [1.807, 2.05) is 30.3 Å². The van der Waals surface area contributed by atoms with Crippen LogP contribution >= 0.6 is 0 Å². The number of unbranched alkanes of at least 4 members (excludes halogenated alkanes) is 3. The summed E-state index contributed by atoms with van der Waals surface area (Å²) < 4.78 is 10.7. The van der Waals surface area contributed by atoms with Gasteiger partial charge in [-0.25, -0.2) is 4.79 Å². The maximum Gasteiger partial charge on any atom is 0.407 e. The standard InChI is InChI=1S/C31H47N3O7/c1-4-6-7-11-18-29(37)40-23-27(34-30(38)26(14-5-2)20-28(36)33-24(3)21-35)17-12-13-19-32-31(39)41-22-25-15-9-8-10-16-25/h4-5,8-10,15-16,24,26-27,35H,1-2,6-7,11-14,17-23H2,3H3,(H,32,39)(H,33,36)(H,34,38). The van der Waals surface area contributed by atoms with Crippen molar-refractivity contribution in [3.05, 3.63) is 61.2 Å². The van der Waals surface area contributed by atoms with Crippen LogP contribution in [-0.2, 0) is 30.5 Å². The number of aliphatic hydroxyl groups is 1. The first-order chi connectivity index (χ1) is 19.8. The summed E-state index contributed by atoms with van der Waals surface area (Å²) in [6.07, 6.45) is 7.52. The number of amides is 3. The van der Waals surface area contributed by atoms with Gasteiger partial charge >= 0.3 is 12.1 Å². The number of ether oxygens (including phenoxy) is 2. The summed E-state index contributed by atoms with van der Waals surface area (Å²) in [6.45, 7) is 9.40. The van der Waals surface area contributed by atoms with Crippen LogP contribution in [0.1, 0.15) is 70.3 Å². The van der Waals surface area contributed by atoms with Crippen molar-refractivity contribution < 1.29 is 33.8 Å². The summed E-state index contributed by atoms with van der Waals surface area (Å²) in [5.74, 6) is -1.68. The van der Waals surface area contributed by atoms with Crippen molar-refractivity contribution in [3.8, 4) is 0 Å². The Hall–Kier alpha value is -3.66. The van der Waals surface area contributed by atoms with E-state index in [0.29, 0.717) is 32.2 Å². The molecule has 0 saturated heterocycles. The molecule has 4 N–H and O–H groups in total. The molecule has 3 unspecified atom stereocenters. The second kappa shape index (κ2) is 22.1. The van der Waals surface area contributed by atoms with Gasteiger partial charge in [-0.3, -0.25) is 14.4 Å². The van der Waals surface area contributed by atoms with Crippen LogP contribution in [0, 0.1) is 5.92 Å². The van der Waals surface area contributed by atoms with Gasteiger partial charge in [0.15, 0.2) is 0 Å². The highest BCUT2D eigenvalue weighted by molar-refractivity contribution is 5.86. The molecule has 1 aromatic rings. The van der Waals surface area contributed by atoms with Gasteiger partial charge in [0.2, 0.25) is 11.8 Å². The summed E-state index contributed by atoms with van der Waals surface area (Å²) in [5.41, 5.74) is 0.895. The smallest absolute Gasteiger partial charge is 0.407 e. The Labute approximate surface area is 243 Å². The third-order valence-corrected chi connectivity index (χ3v) is 6.23. The third kappa shape index (κ3) is 17.6. The van der Waals surface area contributed by atoms with Crippen LogP contribution in [0.4, 0.5) is 4.79 Å². The Kier molecular flexibility index (Phi) is 19.0. The fourth-order valence-corrected chi connectivity index (χ4v) is 3.91. The normalized spacial score (nSPS) is 12.7. The lowest BCUT2D eigenvalue weighted by molar-refractivity contribution is -0.145. The molecular formula is C31H47N3O7. The number of alkyl carbamates (subject to hydrolysis) is 1. The Morgan fingerprint density at radius 2 is 1.73 bits per heavy atom. The average Bonchev–Trinajstić information content (AvgIpc) is 2.96. The quantitative estimate of drug-likeness (QED) is 0.0935. The van der Waals surface area contributed by atoms with Gasteiger partial charge < -0.3 is 30.5 Å². The second-order valence-corrected chi connectivity index (χ2v) is 9.98. The predicted octanol–water partition coefficient (Wildman–Crippen LogP) is 3.94. The monoisotopic (exact) mass is 573 g/mol. The molecule has 0 aliphatic rings. The minimum Gasteiger partial charge on any atom is -0.463 e. The van der Waals surface area contributed by atoms with Crippen LogP contribution in [0.3, 0.4) is 0 Å². The van der Waals surface area contributed by atoms with E-state index in [1.165, 1.54) is 0 Å². The molecule has 1 aromatic carbocycles. The SMILES string of the molecule is C=CCCCCC(=O)OCC(CCCCNC(=O)OCc1ccccc1)NC(=O)C(CC=C)CC(=O)NC(C)CO. The number of allylic oxidation sites excluding steroid dienone is 2. The first kappa shape index (κ1) is 35.4. The van der Waals surface area contributed by atoms with E-state index in [0.717, 1.165) is 18.4 Å². The molecule has 3 amide bonds. The van der Waals surface area contributed by atoms with E-state index in [2.05, 4.69) is 29.1 Å². The molecule has 0 aromatic heterocycles. The summed E-state index contributed by atoms with van der Waals surface area (Å²) in [4.78, 5) is 49.6. The average molecular weight is 574 g/mol. The second-order valence-electron chi connectivity index (χ2n) is 9.98. The minimum atomic E-state index is -0.656. The molecule has 0 fully saturated rings. The van der Waals surface area contributed by atoms with Gasteiger partial charge in [0.25, 0.3) is 0 Å². The molecular weight excluding hydrogens is 526 g/mol. The van der Waals surface area contributed by atoms with Crippen LogP contribution in [0.2, 0.25) is 0 Å². The van der Waals surface area contributed by atoms with Crippen LogP contribution in [0.25, 0.3) is 0 Å². The molecule has 0 aliphatic carbocycles. The molecule has 228 valence electrons. The zero-order valence-electron chi connectivity index (χ0n) is 24.3. The fraction of sp³-hybridized carbons (Fsp3) is 0.548. The van der Waals surface area contributed by atoms with Gasteiger partial charge in [-0.1, -0.05) is 42.5 Å². The maximum absolute atomic E-state index is 13.1. The number of hydrogen-bond acceptors (Lipinski definition) is 7. The van der Waals surface area contributed by atoms with Crippen LogP contribution < -0.4 is 16.0 Å². The number of benzene rings is 1. The molecule has 3 atom stereocenters. The van der Waals surface area contributed by atoms with E-state index in [9.17, 15) is 24.3 Å². The van der Waals surface area contributed by atoms with E-state index < -0.39 is 24.1 Å². The largest absolute Gasteiger partial charge is 0.463 e. The lowest BCUT2D eigenvalue weighted by Crippen LogP contribution is -2.44. The number of hydrogen-bond donors (Lipinski definition) is 4. The molecule has 0 spiro atoms. The maximum atomic E-state index is 13.1. The van der Waals surface area contributed by atoms with Crippen molar-refractivity contribution in [2.24, 2.45) is 5.92 Å². The zero-order chi connectivity index (χ0) is 30.3. The van der Waals surface area contributed by atoms with E-state index in [1.54, 1.807) is 19.1 Å². The Balaban J connectivity index is 2.60. The van der Waals surface area contributed by atoms with E-state index in [4.69, 9.17) is 9.47 Å². The number of carbonyl (C=O) groups is 4. The molecule has 1 rings (SSSR count). The number of esters is 1. The summed E-state index contributed by atoms with van der Waals surface area (Å²) >= 11 is 0. The van der Waals surface area contributed by atoms with Gasteiger partial charge in [-0.2, -0.15) is 0 Å². The highest BCUT2D eigenvalue weighted by Crippen LogP contribution is 2.13. The first-order valence-corrected chi connectivity index (χ1v) is 14.3. The molecule has 10 nitrogen and oxygen atoms in total. The van der Waals surface area contributed by atoms with Gasteiger partial charge in [-0.05, 0) is 57.4 Å². The van der Waals surface area contributed by atoms with E-state index >= 15 is 0 Å². The predicted molar refractivity (Wildman–Crippen MR) is 158 cm³/mol. The van der Waals surface area contributed by atoms with E-state index in [-0.39, 0.29) is 56.9 Å². The van der Waals surface area contributed by atoms with Crippen molar-refractivity contribution >= 4 is 23.9 Å². The van der Waals surface area contributed by atoms with Gasteiger partial charge in [-0.15, -0.1) is 13.2 Å². The van der Waals surface area contributed by atoms with Crippen molar-refractivity contribution in [2.75, 3.05) is 19.8 Å². The lowest BCUT2D eigenvalue weighted by atomic mass is 9.98. The zero-order valence-corrected chi connectivity index (χ0v) is 24.3. The number of carbonyl (C=O) groups excluding carboxylic acids is 4. The number of nitrogens with one attached hydrogen (secondary N) is 3. The summed E-state index contributed by atoms with van der Waals surface area (Å²) in [6, 6.07) is 8.50. The van der Waals surface area contributed by atoms with Gasteiger partial charge in [0.1, 0.15) is 13.2 Å². The molecule has 0 saturated carbocycles. The molecule has 0 bridgehead atoms. The topological polar surface area (TPSA) is 143 Å².